The molecule has 0 amide bonds. The van der Waals surface area contributed by atoms with Crippen LogP contribution in [0.3, 0.4) is 0 Å². The summed E-state index contributed by atoms with van der Waals surface area (Å²) in [6.07, 6.45) is 4.52. The van der Waals surface area contributed by atoms with Crippen LogP contribution in [0.4, 0.5) is 0 Å². The fraction of sp³-hybridized carbons (Fsp3) is 0.929. The normalized spacial score (nSPS) is 28.8. The number of hydrogen-bond donors (Lipinski definition) is 0. The standard InChI is InChI=1S/C12H23NO.C2H6/c1-10(14)7-12(2)6-5-11(8-12)9-13(3)4;1-2/h11H,5-9H2,1-4H3;1-2H3. The molecule has 0 N–H and O–H groups in total. The van der Waals surface area contributed by atoms with Gasteiger partial charge >= 0.3 is 0 Å². The molecule has 0 radical (unpaired) electrons. The molecule has 0 aliphatic heterocycles. The molecule has 2 heteroatoms. The van der Waals surface area contributed by atoms with E-state index in [9.17, 15) is 4.79 Å². The zero-order valence-corrected chi connectivity index (χ0v) is 12.0. The van der Waals surface area contributed by atoms with Gasteiger partial charge in [-0.1, -0.05) is 20.8 Å². The first-order valence-corrected chi connectivity index (χ1v) is 6.55. The average molecular weight is 227 g/mol. The van der Waals surface area contributed by atoms with E-state index in [1.54, 1.807) is 6.92 Å². The first-order chi connectivity index (χ1) is 7.41. The summed E-state index contributed by atoms with van der Waals surface area (Å²) in [6.45, 7) is 9.15. The van der Waals surface area contributed by atoms with Crippen LogP contribution in [0.5, 0.6) is 0 Å². The van der Waals surface area contributed by atoms with E-state index in [1.165, 1.54) is 25.8 Å². The highest BCUT2D eigenvalue weighted by molar-refractivity contribution is 5.76. The third kappa shape index (κ3) is 5.64. The predicted molar refractivity (Wildman–Crippen MR) is 70.6 cm³/mol. The number of Topliss-reactive ketones (excluding diaryl/α,β-unsaturated/α-hetero) is 1. The molecule has 1 aliphatic carbocycles. The van der Waals surface area contributed by atoms with Crippen molar-refractivity contribution in [2.45, 2.75) is 53.4 Å². The molecule has 0 spiro atoms. The summed E-state index contributed by atoms with van der Waals surface area (Å²) >= 11 is 0. The fourth-order valence-corrected chi connectivity index (χ4v) is 2.89. The molecule has 1 aliphatic rings. The lowest BCUT2D eigenvalue weighted by atomic mass is 9.83. The van der Waals surface area contributed by atoms with Crippen molar-refractivity contribution in [1.82, 2.24) is 4.90 Å². The minimum atomic E-state index is 0.298. The number of carbonyl (C=O) groups is 1. The summed E-state index contributed by atoms with van der Waals surface area (Å²) in [5.41, 5.74) is 0.298. The summed E-state index contributed by atoms with van der Waals surface area (Å²) in [6, 6.07) is 0. The lowest BCUT2D eigenvalue weighted by Gasteiger charge is -2.23. The molecule has 2 nitrogen and oxygen atoms in total. The Kier molecular flexibility index (Phi) is 6.89. The molecule has 0 aromatic heterocycles. The molecule has 1 rings (SSSR count). The molecule has 1 saturated carbocycles. The number of ketones is 1. The maximum Gasteiger partial charge on any atom is 0.130 e. The topological polar surface area (TPSA) is 20.3 Å². The van der Waals surface area contributed by atoms with Gasteiger partial charge in [-0.2, -0.15) is 0 Å². The van der Waals surface area contributed by atoms with Crippen molar-refractivity contribution in [3.8, 4) is 0 Å². The van der Waals surface area contributed by atoms with E-state index in [-0.39, 0.29) is 0 Å². The summed E-state index contributed by atoms with van der Waals surface area (Å²) < 4.78 is 0. The number of hydrogen-bond acceptors (Lipinski definition) is 2. The Balaban J connectivity index is 0.00000106. The van der Waals surface area contributed by atoms with Crippen molar-refractivity contribution in [2.75, 3.05) is 20.6 Å². The van der Waals surface area contributed by atoms with Crippen LogP contribution in [0.15, 0.2) is 0 Å². The highest BCUT2D eigenvalue weighted by atomic mass is 16.1. The molecule has 0 aromatic rings. The molecule has 16 heavy (non-hydrogen) atoms. The summed E-state index contributed by atoms with van der Waals surface area (Å²) in [5, 5.41) is 0. The van der Waals surface area contributed by atoms with E-state index >= 15 is 0 Å². The van der Waals surface area contributed by atoms with Gasteiger partial charge in [-0.25, -0.2) is 0 Å². The van der Waals surface area contributed by atoms with Gasteiger partial charge in [0.25, 0.3) is 0 Å². The van der Waals surface area contributed by atoms with Gasteiger partial charge in [0, 0.05) is 13.0 Å². The van der Waals surface area contributed by atoms with Crippen molar-refractivity contribution in [3.63, 3.8) is 0 Å². The predicted octanol–water partition coefficient (Wildman–Crippen LogP) is 3.36. The minimum Gasteiger partial charge on any atom is -0.309 e. The zero-order valence-electron chi connectivity index (χ0n) is 12.0. The molecule has 2 atom stereocenters. The lowest BCUT2D eigenvalue weighted by molar-refractivity contribution is -0.119. The Labute approximate surface area is 101 Å². The summed E-state index contributed by atoms with van der Waals surface area (Å²) in [7, 11) is 4.25. The van der Waals surface area contributed by atoms with E-state index < -0.39 is 0 Å². The molecule has 0 bridgehead atoms. The summed E-state index contributed by atoms with van der Waals surface area (Å²) in [5.74, 6) is 1.15. The monoisotopic (exact) mass is 227 g/mol. The number of rotatable bonds is 4. The van der Waals surface area contributed by atoms with E-state index in [2.05, 4.69) is 25.9 Å². The van der Waals surface area contributed by atoms with Crippen LogP contribution >= 0.6 is 0 Å². The van der Waals surface area contributed by atoms with Gasteiger partial charge in [0.1, 0.15) is 5.78 Å². The van der Waals surface area contributed by atoms with Gasteiger partial charge in [-0.3, -0.25) is 0 Å². The SMILES string of the molecule is CC.CC(=O)CC1(C)CCC(CN(C)C)C1. The molecule has 96 valence electrons. The van der Waals surface area contributed by atoms with E-state index in [1.807, 2.05) is 13.8 Å². The van der Waals surface area contributed by atoms with Crippen LogP contribution in [-0.2, 0) is 4.79 Å². The quantitative estimate of drug-likeness (QED) is 0.734. The molecule has 2 unspecified atom stereocenters. The van der Waals surface area contributed by atoms with Crippen molar-refractivity contribution >= 4 is 5.78 Å². The molecule has 0 saturated heterocycles. The van der Waals surface area contributed by atoms with Gasteiger partial charge in [-0.05, 0) is 51.6 Å². The molecule has 0 aromatic carbocycles. The molecule has 1 fully saturated rings. The minimum absolute atomic E-state index is 0.298. The smallest absolute Gasteiger partial charge is 0.130 e. The lowest BCUT2D eigenvalue weighted by Crippen LogP contribution is -2.22. The van der Waals surface area contributed by atoms with Crippen LogP contribution < -0.4 is 0 Å². The number of nitrogens with zero attached hydrogens (tertiary/aromatic N) is 1. The van der Waals surface area contributed by atoms with E-state index in [4.69, 9.17) is 0 Å². The van der Waals surface area contributed by atoms with Crippen molar-refractivity contribution < 1.29 is 4.79 Å². The maximum atomic E-state index is 11.1. The molecular weight excluding hydrogens is 198 g/mol. The van der Waals surface area contributed by atoms with Gasteiger partial charge in [0.15, 0.2) is 0 Å². The highest BCUT2D eigenvalue weighted by Gasteiger charge is 2.35. The second-order valence-electron chi connectivity index (χ2n) is 5.56. The zero-order chi connectivity index (χ0) is 12.8. The van der Waals surface area contributed by atoms with Crippen LogP contribution in [0.2, 0.25) is 0 Å². The van der Waals surface area contributed by atoms with Crippen molar-refractivity contribution in [2.24, 2.45) is 11.3 Å². The average Bonchev–Trinajstić information content (AvgIpc) is 2.48. The Morgan fingerprint density at radius 3 is 2.38 bits per heavy atom. The highest BCUT2D eigenvalue weighted by Crippen LogP contribution is 2.44. The largest absolute Gasteiger partial charge is 0.309 e. The van der Waals surface area contributed by atoms with Gasteiger partial charge in [-0.15, -0.1) is 0 Å². The van der Waals surface area contributed by atoms with Crippen LogP contribution in [0, 0.1) is 11.3 Å². The number of carbonyl (C=O) groups excluding carboxylic acids is 1. The van der Waals surface area contributed by atoms with Crippen molar-refractivity contribution in [3.05, 3.63) is 0 Å². The molecular formula is C14H29NO. The third-order valence-electron chi connectivity index (χ3n) is 3.24. The third-order valence-corrected chi connectivity index (χ3v) is 3.24. The van der Waals surface area contributed by atoms with Gasteiger partial charge in [0.2, 0.25) is 0 Å². The van der Waals surface area contributed by atoms with Gasteiger partial charge < -0.3 is 9.69 Å². The van der Waals surface area contributed by atoms with Gasteiger partial charge in [0.05, 0.1) is 0 Å². The molecule has 0 heterocycles. The van der Waals surface area contributed by atoms with Crippen LogP contribution in [0.1, 0.15) is 53.4 Å². The van der Waals surface area contributed by atoms with Crippen molar-refractivity contribution in [1.29, 1.82) is 0 Å². The Morgan fingerprint density at radius 1 is 1.38 bits per heavy atom. The maximum absolute atomic E-state index is 11.1. The Morgan fingerprint density at radius 2 is 1.94 bits per heavy atom. The first kappa shape index (κ1) is 15.6. The van der Waals surface area contributed by atoms with E-state index in [0.717, 1.165) is 12.3 Å². The second-order valence-corrected chi connectivity index (χ2v) is 5.56. The van der Waals surface area contributed by atoms with E-state index in [0.29, 0.717) is 11.2 Å². The Bertz CT molecular complexity index is 213. The summed E-state index contributed by atoms with van der Waals surface area (Å²) in [4.78, 5) is 13.4. The first-order valence-electron chi connectivity index (χ1n) is 6.55. The van der Waals surface area contributed by atoms with Crippen LogP contribution in [-0.4, -0.2) is 31.3 Å². The second kappa shape index (κ2) is 7.05. The van der Waals surface area contributed by atoms with Crippen LogP contribution in [0.25, 0.3) is 0 Å². The fourth-order valence-electron chi connectivity index (χ4n) is 2.89. The Hall–Kier alpha value is -0.370.